The Labute approximate surface area is 100 Å². The van der Waals surface area contributed by atoms with E-state index in [1.54, 1.807) is 6.92 Å². The van der Waals surface area contributed by atoms with Crippen LogP contribution in [0.5, 0.6) is 0 Å². The zero-order valence-electron chi connectivity index (χ0n) is 10.5. The molecule has 0 atom stereocenters. The highest BCUT2D eigenvalue weighted by Gasteiger charge is 2.18. The molecular formula is C13H17F2NO. The Kier molecular flexibility index (Phi) is 3.86. The molecule has 1 amide bonds. The zero-order chi connectivity index (χ0) is 13.2. The van der Waals surface area contributed by atoms with Crippen molar-refractivity contribution in [3.05, 3.63) is 29.3 Å². The maximum absolute atomic E-state index is 13.4. The molecule has 0 spiro atoms. The fourth-order valence-corrected chi connectivity index (χ4v) is 1.48. The summed E-state index contributed by atoms with van der Waals surface area (Å²) in [7, 11) is 0. The van der Waals surface area contributed by atoms with Gasteiger partial charge in [0.15, 0.2) is 0 Å². The average Bonchev–Trinajstić information content (AvgIpc) is 2.08. The Balaban J connectivity index is 2.86. The summed E-state index contributed by atoms with van der Waals surface area (Å²) in [6.07, 6.45) is 0.208. The summed E-state index contributed by atoms with van der Waals surface area (Å²) in [6.45, 7) is 7.24. The van der Waals surface area contributed by atoms with E-state index in [0.29, 0.717) is 5.56 Å². The predicted octanol–water partition coefficient (Wildman–Crippen LogP) is 3.65. The molecule has 0 aliphatic carbocycles. The molecule has 0 radical (unpaired) electrons. The molecule has 1 rings (SSSR count). The number of halogens is 2. The molecular weight excluding hydrogens is 224 g/mol. The number of carbonyl (C=O) groups is 1. The lowest BCUT2D eigenvalue weighted by Gasteiger charge is -2.17. The quantitative estimate of drug-likeness (QED) is 0.841. The number of anilines is 1. The standard InChI is InChI=1S/C13H17F2NO/c1-8-5-9(14)12(10(15)6-8)16-11(17)7-13(2,3)4/h5-6H,7H2,1-4H3,(H,16,17). The van der Waals surface area contributed by atoms with Crippen LogP contribution in [0.2, 0.25) is 0 Å². The van der Waals surface area contributed by atoms with Gasteiger partial charge in [0.2, 0.25) is 5.91 Å². The van der Waals surface area contributed by atoms with Crippen LogP contribution in [0.1, 0.15) is 32.8 Å². The second kappa shape index (κ2) is 4.82. The van der Waals surface area contributed by atoms with E-state index in [9.17, 15) is 13.6 Å². The van der Waals surface area contributed by atoms with E-state index < -0.39 is 11.6 Å². The molecule has 0 aromatic heterocycles. The minimum atomic E-state index is -0.746. The molecule has 1 aromatic carbocycles. The first-order valence-corrected chi connectivity index (χ1v) is 5.44. The summed E-state index contributed by atoms with van der Waals surface area (Å²) in [5.41, 5.74) is -0.111. The zero-order valence-corrected chi connectivity index (χ0v) is 10.5. The SMILES string of the molecule is Cc1cc(F)c(NC(=O)CC(C)(C)C)c(F)c1. The largest absolute Gasteiger partial charge is 0.321 e. The van der Waals surface area contributed by atoms with E-state index >= 15 is 0 Å². The van der Waals surface area contributed by atoms with Crippen molar-refractivity contribution in [1.29, 1.82) is 0 Å². The minimum Gasteiger partial charge on any atom is -0.321 e. The molecule has 0 aliphatic heterocycles. The van der Waals surface area contributed by atoms with Crippen LogP contribution in [-0.2, 0) is 4.79 Å². The highest BCUT2D eigenvalue weighted by atomic mass is 19.1. The summed E-state index contributed by atoms with van der Waals surface area (Å²) in [4.78, 5) is 11.6. The number of amides is 1. The first-order valence-electron chi connectivity index (χ1n) is 5.44. The van der Waals surface area contributed by atoms with Gasteiger partial charge in [0.25, 0.3) is 0 Å². The van der Waals surface area contributed by atoms with Crippen molar-refractivity contribution in [2.75, 3.05) is 5.32 Å². The van der Waals surface area contributed by atoms with Crippen LogP contribution in [-0.4, -0.2) is 5.91 Å². The van der Waals surface area contributed by atoms with Gasteiger partial charge in [-0.3, -0.25) is 4.79 Å². The minimum absolute atomic E-state index is 0.208. The summed E-state index contributed by atoms with van der Waals surface area (Å²) < 4.78 is 26.9. The van der Waals surface area contributed by atoms with Gasteiger partial charge in [0.1, 0.15) is 17.3 Å². The Morgan fingerprint density at radius 2 is 1.71 bits per heavy atom. The normalized spacial score (nSPS) is 11.4. The van der Waals surface area contributed by atoms with Crippen LogP contribution in [0.4, 0.5) is 14.5 Å². The molecule has 0 unspecified atom stereocenters. The number of carbonyl (C=O) groups excluding carboxylic acids is 1. The molecule has 0 fully saturated rings. The molecule has 4 heteroatoms. The van der Waals surface area contributed by atoms with Crippen molar-refractivity contribution < 1.29 is 13.6 Å². The van der Waals surface area contributed by atoms with Crippen LogP contribution in [0.15, 0.2) is 12.1 Å². The maximum Gasteiger partial charge on any atom is 0.225 e. The van der Waals surface area contributed by atoms with Crippen molar-refractivity contribution in [3.63, 3.8) is 0 Å². The van der Waals surface area contributed by atoms with Gasteiger partial charge in [-0.15, -0.1) is 0 Å². The summed E-state index contributed by atoms with van der Waals surface area (Å²) in [6, 6.07) is 2.38. The first kappa shape index (κ1) is 13.6. The topological polar surface area (TPSA) is 29.1 Å². The third kappa shape index (κ3) is 4.13. The molecule has 0 aliphatic rings. The number of hydrogen-bond donors (Lipinski definition) is 1. The fourth-order valence-electron chi connectivity index (χ4n) is 1.48. The molecule has 17 heavy (non-hydrogen) atoms. The Morgan fingerprint density at radius 1 is 1.24 bits per heavy atom. The Bertz CT molecular complexity index is 413. The van der Waals surface area contributed by atoms with Gasteiger partial charge in [0.05, 0.1) is 0 Å². The molecule has 2 nitrogen and oxygen atoms in total. The van der Waals surface area contributed by atoms with Crippen molar-refractivity contribution in [1.82, 2.24) is 0 Å². The summed E-state index contributed by atoms with van der Waals surface area (Å²) >= 11 is 0. The van der Waals surface area contributed by atoms with Gasteiger partial charge in [0, 0.05) is 6.42 Å². The maximum atomic E-state index is 13.4. The number of aryl methyl sites for hydroxylation is 1. The number of rotatable bonds is 2. The lowest BCUT2D eigenvalue weighted by molar-refractivity contribution is -0.117. The molecule has 1 N–H and O–H groups in total. The predicted molar refractivity (Wildman–Crippen MR) is 63.8 cm³/mol. The van der Waals surface area contributed by atoms with Crippen molar-refractivity contribution >= 4 is 11.6 Å². The van der Waals surface area contributed by atoms with E-state index in [-0.39, 0.29) is 23.4 Å². The highest BCUT2D eigenvalue weighted by molar-refractivity contribution is 5.91. The molecule has 0 heterocycles. The van der Waals surface area contributed by atoms with E-state index in [1.165, 1.54) is 12.1 Å². The van der Waals surface area contributed by atoms with E-state index in [0.717, 1.165) is 0 Å². The van der Waals surface area contributed by atoms with Crippen molar-refractivity contribution in [2.24, 2.45) is 5.41 Å². The van der Waals surface area contributed by atoms with Gasteiger partial charge in [-0.1, -0.05) is 20.8 Å². The number of benzene rings is 1. The molecule has 94 valence electrons. The Morgan fingerprint density at radius 3 is 2.12 bits per heavy atom. The van der Waals surface area contributed by atoms with Crippen LogP contribution < -0.4 is 5.32 Å². The van der Waals surface area contributed by atoms with Crippen molar-refractivity contribution in [2.45, 2.75) is 34.1 Å². The van der Waals surface area contributed by atoms with E-state index in [4.69, 9.17) is 0 Å². The lowest BCUT2D eigenvalue weighted by Crippen LogP contribution is -2.21. The van der Waals surface area contributed by atoms with E-state index in [2.05, 4.69) is 5.32 Å². The third-order valence-corrected chi connectivity index (χ3v) is 2.14. The van der Waals surface area contributed by atoms with Crippen LogP contribution in [0.3, 0.4) is 0 Å². The number of hydrogen-bond acceptors (Lipinski definition) is 1. The van der Waals surface area contributed by atoms with Gasteiger partial charge in [-0.25, -0.2) is 8.78 Å². The van der Waals surface area contributed by atoms with Gasteiger partial charge >= 0.3 is 0 Å². The summed E-state index contributed by atoms with van der Waals surface area (Å²) in [5.74, 6) is -1.88. The first-order chi connectivity index (χ1) is 7.69. The second-order valence-corrected chi connectivity index (χ2v) is 5.39. The fraction of sp³-hybridized carbons (Fsp3) is 0.462. The van der Waals surface area contributed by atoms with Gasteiger partial charge < -0.3 is 5.32 Å². The monoisotopic (exact) mass is 241 g/mol. The van der Waals surface area contributed by atoms with Crippen molar-refractivity contribution in [3.8, 4) is 0 Å². The van der Waals surface area contributed by atoms with Crippen LogP contribution in [0, 0.1) is 24.0 Å². The average molecular weight is 241 g/mol. The molecule has 0 saturated heterocycles. The highest BCUT2D eigenvalue weighted by Crippen LogP contribution is 2.23. The number of nitrogens with one attached hydrogen (secondary N) is 1. The van der Waals surface area contributed by atoms with Crippen LogP contribution >= 0.6 is 0 Å². The molecule has 0 bridgehead atoms. The Hall–Kier alpha value is -1.45. The second-order valence-electron chi connectivity index (χ2n) is 5.39. The van der Waals surface area contributed by atoms with Crippen LogP contribution in [0.25, 0.3) is 0 Å². The summed E-state index contributed by atoms with van der Waals surface area (Å²) in [5, 5.41) is 2.27. The van der Waals surface area contributed by atoms with Gasteiger partial charge in [-0.05, 0) is 30.0 Å². The molecule has 0 saturated carbocycles. The lowest BCUT2D eigenvalue weighted by atomic mass is 9.92. The smallest absolute Gasteiger partial charge is 0.225 e. The van der Waals surface area contributed by atoms with Gasteiger partial charge in [-0.2, -0.15) is 0 Å². The van der Waals surface area contributed by atoms with E-state index in [1.807, 2.05) is 20.8 Å². The third-order valence-electron chi connectivity index (χ3n) is 2.14. The molecule has 1 aromatic rings.